The Bertz CT molecular complexity index is 581. The molecule has 2 aromatic rings. The van der Waals surface area contributed by atoms with Crippen LogP contribution in [0.15, 0.2) is 36.5 Å². The van der Waals surface area contributed by atoms with Crippen LogP contribution in [0, 0.1) is 12.3 Å². The van der Waals surface area contributed by atoms with Crippen molar-refractivity contribution in [1.29, 1.82) is 5.41 Å². The summed E-state index contributed by atoms with van der Waals surface area (Å²) >= 11 is 6.06. The lowest BCUT2D eigenvalue weighted by molar-refractivity contribution is 0.480. The van der Waals surface area contributed by atoms with Crippen LogP contribution in [-0.2, 0) is 0 Å². The molecule has 5 heteroatoms. The van der Waals surface area contributed by atoms with Crippen LogP contribution in [-0.4, -0.2) is 10.8 Å². The average Bonchev–Trinajstić information content (AvgIpc) is 2.34. The Balaban J connectivity index is 2.24. The number of aromatic nitrogens is 1. The summed E-state index contributed by atoms with van der Waals surface area (Å²) in [5, 5.41) is 7.72. The predicted molar refractivity (Wildman–Crippen MR) is 71.5 cm³/mol. The Morgan fingerprint density at radius 3 is 2.67 bits per heavy atom. The third-order valence-electron chi connectivity index (χ3n) is 2.35. The first-order valence-electron chi connectivity index (χ1n) is 5.31. The van der Waals surface area contributed by atoms with Gasteiger partial charge in [-0.1, -0.05) is 11.6 Å². The molecule has 4 nitrogen and oxygen atoms in total. The summed E-state index contributed by atoms with van der Waals surface area (Å²) in [4.78, 5) is 4.13. The molecule has 0 aliphatic heterocycles. The maximum Gasteiger partial charge on any atom is 0.146 e. The highest BCUT2D eigenvalue weighted by Crippen LogP contribution is 2.29. The van der Waals surface area contributed by atoms with Gasteiger partial charge in [0.25, 0.3) is 0 Å². The number of hydrogen-bond acceptors (Lipinski definition) is 3. The first-order valence-corrected chi connectivity index (χ1v) is 5.68. The lowest BCUT2D eigenvalue weighted by Gasteiger charge is -2.08. The van der Waals surface area contributed by atoms with Gasteiger partial charge >= 0.3 is 0 Å². The molecule has 18 heavy (non-hydrogen) atoms. The number of ether oxygens (including phenoxy) is 1. The van der Waals surface area contributed by atoms with Crippen molar-refractivity contribution >= 4 is 17.4 Å². The highest BCUT2D eigenvalue weighted by Gasteiger charge is 2.06. The summed E-state index contributed by atoms with van der Waals surface area (Å²) in [6.45, 7) is 1.90. The summed E-state index contributed by atoms with van der Waals surface area (Å²) in [6.07, 6.45) is 1.63. The van der Waals surface area contributed by atoms with Crippen LogP contribution >= 0.6 is 11.6 Å². The van der Waals surface area contributed by atoms with Gasteiger partial charge in [-0.05, 0) is 37.3 Å². The summed E-state index contributed by atoms with van der Waals surface area (Å²) in [5.74, 6) is 1.09. The van der Waals surface area contributed by atoms with E-state index in [1.165, 1.54) is 0 Å². The fraction of sp³-hybridized carbons (Fsp3) is 0.0769. The van der Waals surface area contributed by atoms with Gasteiger partial charge in [0.05, 0.1) is 11.2 Å². The van der Waals surface area contributed by atoms with Gasteiger partial charge in [-0.15, -0.1) is 0 Å². The number of amidine groups is 1. The monoisotopic (exact) mass is 261 g/mol. The van der Waals surface area contributed by atoms with E-state index in [2.05, 4.69) is 4.98 Å². The molecule has 0 aliphatic carbocycles. The largest absolute Gasteiger partial charge is 0.454 e. The van der Waals surface area contributed by atoms with Gasteiger partial charge in [0.1, 0.15) is 17.3 Å². The average molecular weight is 262 g/mol. The Hall–Kier alpha value is -2.07. The van der Waals surface area contributed by atoms with E-state index in [0.717, 1.165) is 5.69 Å². The minimum Gasteiger partial charge on any atom is -0.454 e. The molecule has 0 bridgehead atoms. The van der Waals surface area contributed by atoms with Crippen molar-refractivity contribution in [3.05, 3.63) is 52.8 Å². The fourth-order valence-corrected chi connectivity index (χ4v) is 1.61. The first kappa shape index (κ1) is 12.4. The summed E-state index contributed by atoms with van der Waals surface area (Å²) in [6, 6.07) is 8.63. The number of halogens is 1. The van der Waals surface area contributed by atoms with Gasteiger partial charge in [-0.3, -0.25) is 10.4 Å². The molecule has 2 rings (SSSR count). The van der Waals surface area contributed by atoms with Gasteiger partial charge in [0.15, 0.2) is 0 Å². The zero-order valence-electron chi connectivity index (χ0n) is 9.77. The number of aryl methyl sites for hydroxylation is 1. The molecular formula is C13H12ClN3O. The van der Waals surface area contributed by atoms with Crippen LogP contribution in [0.4, 0.5) is 0 Å². The molecule has 0 saturated carbocycles. The van der Waals surface area contributed by atoms with E-state index in [1.54, 1.807) is 24.4 Å². The Kier molecular flexibility index (Phi) is 3.48. The lowest BCUT2D eigenvalue weighted by atomic mass is 10.2. The number of nitrogen functional groups attached to an aromatic ring is 1. The summed E-state index contributed by atoms with van der Waals surface area (Å²) in [5.41, 5.74) is 6.86. The normalized spacial score (nSPS) is 10.1. The van der Waals surface area contributed by atoms with Crippen LogP contribution in [0.1, 0.15) is 11.3 Å². The van der Waals surface area contributed by atoms with E-state index in [1.807, 2.05) is 19.1 Å². The van der Waals surface area contributed by atoms with E-state index in [9.17, 15) is 0 Å². The van der Waals surface area contributed by atoms with Gasteiger partial charge < -0.3 is 10.5 Å². The smallest absolute Gasteiger partial charge is 0.146 e. The molecule has 0 radical (unpaired) electrons. The third kappa shape index (κ3) is 2.78. The van der Waals surface area contributed by atoms with E-state index < -0.39 is 0 Å². The van der Waals surface area contributed by atoms with Gasteiger partial charge in [0, 0.05) is 11.3 Å². The lowest BCUT2D eigenvalue weighted by Crippen LogP contribution is -2.10. The van der Waals surface area contributed by atoms with E-state index in [-0.39, 0.29) is 5.84 Å². The van der Waals surface area contributed by atoms with Crippen LogP contribution in [0.2, 0.25) is 5.02 Å². The van der Waals surface area contributed by atoms with Crippen molar-refractivity contribution in [3.8, 4) is 11.5 Å². The molecule has 0 saturated heterocycles. The van der Waals surface area contributed by atoms with E-state index >= 15 is 0 Å². The molecule has 1 heterocycles. The first-order chi connectivity index (χ1) is 8.56. The molecule has 1 aromatic heterocycles. The van der Waals surface area contributed by atoms with Crippen LogP contribution in [0.25, 0.3) is 0 Å². The highest BCUT2D eigenvalue weighted by atomic mass is 35.5. The number of nitrogens with one attached hydrogen (secondary N) is 1. The minimum atomic E-state index is -0.0274. The van der Waals surface area contributed by atoms with Gasteiger partial charge in [-0.2, -0.15) is 0 Å². The molecule has 0 atom stereocenters. The van der Waals surface area contributed by atoms with Crippen LogP contribution < -0.4 is 10.5 Å². The van der Waals surface area contributed by atoms with Crippen LogP contribution in [0.5, 0.6) is 11.5 Å². The van der Waals surface area contributed by atoms with Crippen molar-refractivity contribution in [2.75, 3.05) is 0 Å². The summed E-state index contributed by atoms with van der Waals surface area (Å²) in [7, 11) is 0. The molecule has 3 N–H and O–H groups in total. The SMILES string of the molecule is Cc1ccc(Oc2ccc(C(=N)N)cc2Cl)cn1. The number of rotatable bonds is 3. The number of hydrogen-bond donors (Lipinski definition) is 2. The number of nitrogens with zero attached hydrogens (tertiary/aromatic N) is 1. The fourth-order valence-electron chi connectivity index (χ4n) is 1.39. The standard InChI is InChI=1S/C13H12ClN3O/c1-8-2-4-10(7-17-8)18-12-5-3-9(13(15)16)6-11(12)14/h2-7H,1H3,(H3,15,16). The topological polar surface area (TPSA) is 72.0 Å². The Labute approximate surface area is 110 Å². The molecule has 0 spiro atoms. The predicted octanol–water partition coefficient (Wildman–Crippen LogP) is 3.12. The zero-order chi connectivity index (χ0) is 13.1. The van der Waals surface area contributed by atoms with E-state index in [4.69, 9.17) is 27.5 Å². The maximum absolute atomic E-state index is 7.32. The molecule has 0 aliphatic rings. The zero-order valence-corrected chi connectivity index (χ0v) is 10.5. The molecule has 92 valence electrons. The maximum atomic E-state index is 7.32. The summed E-state index contributed by atoms with van der Waals surface area (Å²) < 4.78 is 5.59. The number of nitrogens with two attached hydrogens (primary N) is 1. The molecule has 0 unspecified atom stereocenters. The van der Waals surface area contributed by atoms with Crippen molar-refractivity contribution in [1.82, 2.24) is 4.98 Å². The highest BCUT2D eigenvalue weighted by molar-refractivity contribution is 6.32. The second-order valence-electron chi connectivity index (χ2n) is 3.80. The van der Waals surface area contributed by atoms with Gasteiger partial charge in [-0.25, -0.2) is 0 Å². The molecule has 0 amide bonds. The molecule has 1 aromatic carbocycles. The van der Waals surface area contributed by atoms with Crippen molar-refractivity contribution < 1.29 is 4.74 Å². The van der Waals surface area contributed by atoms with Crippen molar-refractivity contribution in [3.63, 3.8) is 0 Å². The quantitative estimate of drug-likeness (QED) is 0.659. The second kappa shape index (κ2) is 5.06. The third-order valence-corrected chi connectivity index (χ3v) is 2.65. The molecule has 0 fully saturated rings. The van der Waals surface area contributed by atoms with Crippen molar-refractivity contribution in [2.24, 2.45) is 5.73 Å². The second-order valence-corrected chi connectivity index (χ2v) is 4.20. The number of benzene rings is 1. The van der Waals surface area contributed by atoms with E-state index in [0.29, 0.717) is 22.1 Å². The minimum absolute atomic E-state index is 0.0274. The van der Waals surface area contributed by atoms with Gasteiger partial charge in [0.2, 0.25) is 0 Å². The number of pyridine rings is 1. The molecular weight excluding hydrogens is 250 g/mol. The van der Waals surface area contributed by atoms with Crippen LogP contribution in [0.3, 0.4) is 0 Å². The Morgan fingerprint density at radius 1 is 1.33 bits per heavy atom. The van der Waals surface area contributed by atoms with Crippen molar-refractivity contribution in [2.45, 2.75) is 6.92 Å². The Morgan fingerprint density at radius 2 is 2.11 bits per heavy atom.